The molecule has 2 heterocycles. The van der Waals surface area contributed by atoms with Crippen LogP contribution >= 0.6 is 0 Å². The van der Waals surface area contributed by atoms with Crippen LogP contribution < -0.4 is 5.32 Å². The lowest BCUT2D eigenvalue weighted by atomic mass is 10.0. The molecule has 0 atom stereocenters. The minimum absolute atomic E-state index is 0.0996. The van der Waals surface area contributed by atoms with Crippen molar-refractivity contribution in [3.63, 3.8) is 0 Å². The van der Waals surface area contributed by atoms with Crippen molar-refractivity contribution in [2.24, 2.45) is 0 Å². The number of fused-ring (bicyclic) bond motifs is 1. The van der Waals surface area contributed by atoms with Crippen molar-refractivity contribution >= 4 is 5.91 Å². The lowest BCUT2D eigenvalue weighted by Gasteiger charge is -2.23. The van der Waals surface area contributed by atoms with Crippen LogP contribution in [0, 0.1) is 5.82 Å². The molecule has 5 nitrogen and oxygen atoms in total. The Morgan fingerprint density at radius 2 is 2.07 bits per heavy atom. The van der Waals surface area contributed by atoms with Gasteiger partial charge in [0, 0.05) is 30.8 Å². The molecule has 0 spiro atoms. The molecule has 3 rings (SSSR count). The van der Waals surface area contributed by atoms with E-state index in [1.54, 1.807) is 4.90 Å². The number of hydrogen-bond donors (Lipinski definition) is 2. The fraction of sp³-hybridized carbons (Fsp3) is 0.500. The molecule has 1 aliphatic rings. The summed E-state index contributed by atoms with van der Waals surface area (Å²) in [5.41, 5.74) is 0.837. The van der Waals surface area contributed by atoms with E-state index in [4.69, 9.17) is 0 Å². The van der Waals surface area contributed by atoms with Gasteiger partial charge in [0.05, 0.1) is 11.3 Å². The van der Waals surface area contributed by atoms with Crippen LogP contribution in [0.15, 0.2) is 18.2 Å². The Labute approximate surface area is 166 Å². The number of benzene rings is 1. The zero-order valence-electron chi connectivity index (χ0n) is 16.2. The maximum atomic E-state index is 14.0. The smallest absolute Gasteiger partial charge is 0.337 e. The predicted octanol–water partition coefficient (Wildman–Crippen LogP) is 3.70. The number of hydrogen-bond acceptors (Lipinski definition) is 3. The minimum atomic E-state index is -4.61. The molecule has 158 valence electrons. The summed E-state index contributed by atoms with van der Waals surface area (Å²) in [5.74, 6) is -1.11. The largest absolute Gasteiger partial charge is 0.416 e. The van der Waals surface area contributed by atoms with E-state index in [0.717, 1.165) is 36.0 Å². The Hall–Kier alpha value is -2.42. The van der Waals surface area contributed by atoms with E-state index >= 15 is 0 Å². The van der Waals surface area contributed by atoms with Crippen molar-refractivity contribution in [1.29, 1.82) is 0 Å². The van der Waals surface area contributed by atoms with Crippen molar-refractivity contribution < 1.29 is 22.4 Å². The van der Waals surface area contributed by atoms with E-state index < -0.39 is 17.6 Å². The Bertz CT molecular complexity index is 863. The zero-order valence-corrected chi connectivity index (χ0v) is 16.2. The monoisotopic (exact) mass is 412 g/mol. The molecular formula is C20H24F4N4O. The number of aromatic amines is 1. The van der Waals surface area contributed by atoms with Crippen LogP contribution in [0.1, 0.15) is 52.6 Å². The van der Waals surface area contributed by atoms with E-state index in [-0.39, 0.29) is 30.9 Å². The summed E-state index contributed by atoms with van der Waals surface area (Å²) in [6.07, 6.45) is -3.09. The molecule has 0 saturated carbocycles. The first-order chi connectivity index (χ1) is 13.8. The van der Waals surface area contributed by atoms with Gasteiger partial charge in [0.2, 0.25) is 0 Å². The number of carbonyl (C=O) groups excluding carboxylic acids is 1. The molecule has 2 aromatic rings. The van der Waals surface area contributed by atoms with Gasteiger partial charge in [-0.05, 0) is 44.4 Å². The number of halogens is 4. The molecule has 0 aliphatic carbocycles. The summed E-state index contributed by atoms with van der Waals surface area (Å²) in [5, 5.41) is 10.2. The summed E-state index contributed by atoms with van der Waals surface area (Å²) in [4.78, 5) is 14.6. The van der Waals surface area contributed by atoms with Crippen molar-refractivity contribution in [3.8, 4) is 0 Å². The molecule has 2 N–H and O–H groups in total. The van der Waals surface area contributed by atoms with Crippen LogP contribution in [-0.4, -0.2) is 40.6 Å². The number of aromatic nitrogens is 2. The number of rotatable bonds is 7. The average molecular weight is 412 g/mol. The lowest BCUT2D eigenvalue weighted by molar-refractivity contribution is -0.138. The van der Waals surface area contributed by atoms with E-state index in [9.17, 15) is 22.4 Å². The third kappa shape index (κ3) is 4.77. The highest BCUT2D eigenvalue weighted by molar-refractivity contribution is 5.94. The summed E-state index contributed by atoms with van der Waals surface area (Å²) >= 11 is 0. The standard InChI is InChI=1S/C20H24F4N4O/c1-2-10-28(19(29)18-14-8-9-25-12-17(14)26-27-18)11-4-5-13-15(20(22,23)24)6-3-7-16(13)21/h3,6-7,25H,2,4-5,8-12H2,1H3,(H,26,27). The quantitative estimate of drug-likeness (QED) is 0.682. The van der Waals surface area contributed by atoms with Crippen LogP contribution in [0.25, 0.3) is 0 Å². The maximum Gasteiger partial charge on any atom is 0.416 e. The Morgan fingerprint density at radius 1 is 1.28 bits per heavy atom. The highest BCUT2D eigenvalue weighted by Gasteiger charge is 2.34. The third-order valence-corrected chi connectivity index (χ3v) is 5.07. The Balaban J connectivity index is 1.71. The first kappa shape index (κ1) is 21.3. The second-order valence-corrected chi connectivity index (χ2v) is 7.12. The molecule has 1 aliphatic heterocycles. The van der Waals surface area contributed by atoms with Crippen LogP contribution in [0.4, 0.5) is 17.6 Å². The number of H-pyrrole nitrogens is 1. The molecule has 0 saturated heterocycles. The summed E-state index contributed by atoms with van der Waals surface area (Å²) in [6, 6.07) is 2.98. The summed E-state index contributed by atoms with van der Waals surface area (Å²) in [6.45, 7) is 3.99. The molecule has 1 aromatic heterocycles. The normalized spacial score (nSPS) is 14.0. The van der Waals surface area contributed by atoms with Gasteiger partial charge in [0.15, 0.2) is 5.69 Å². The predicted molar refractivity (Wildman–Crippen MR) is 99.9 cm³/mol. The van der Waals surface area contributed by atoms with Crippen LogP contribution in [0.2, 0.25) is 0 Å². The van der Waals surface area contributed by atoms with Gasteiger partial charge in [-0.25, -0.2) is 4.39 Å². The molecule has 29 heavy (non-hydrogen) atoms. The fourth-order valence-electron chi connectivity index (χ4n) is 3.68. The first-order valence-corrected chi connectivity index (χ1v) is 9.73. The first-order valence-electron chi connectivity index (χ1n) is 9.73. The molecular weight excluding hydrogens is 388 g/mol. The number of nitrogens with one attached hydrogen (secondary N) is 2. The fourth-order valence-corrected chi connectivity index (χ4v) is 3.68. The van der Waals surface area contributed by atoms with E-state index in [1.807, 2.05) is 6.92 Å². The van der Waals surface area contributed by atoms with Gasteiger partial charge in [0.1, 0.15) is 5.82 Å². The SMILES string of the molecule is CCCN(CCCc1c(F)cccc1C(F)(F)F)C(=O)c1n[nH]c2c1CCNC2. The molecule has 1 aromatic carbocycles. The van der Waals surface area contributed by atoms with Gasteiger partial charge in [-0.15, -0.1) is 0 Å². The van der Waals surface area contributed by atoms with Gasteiger partial charge in [0.25, 0.3) is 5.91 Å². The van der Waals surface area contributed by atoms with Gasteiger partial charge in [-0.3, -0.25) is 9.89 Å². The number of amides is 1. The number of alkyl halides is 3. The lowest BCUT2D eigenvalue weighted by Crippen LogP contribution is -2.34. The highest BCUT2D eigenvalue weighted by Crippen LogP contribution is 2.33. The second kappa shape index (κ2) is 8.94. The van der Waals surface area contributed by atoms with Gasteiger partial charge in [-0.1, -0.05) is 13.0 Å². The summed E-state index contributed by atoms with van der Waals surface area (Å²) < 4.78 is 53.5. The average Bonchev–Trinajstić information content (AvgIpc) is 3.11. The molecule has 0 fully saturated rings. The van der Waals surface area contributed by atoms with Crippen molar-refractivity contribution in [2.45, 2.75) is 45.3 Å². The van der Waals surface area contributed by atoms with Crippen molar-refractivity contribution in [1.82, 2.24) is 20.4 Å². The number of nitrogens with zero attached hydrogens (tertiary/aromatic N) is 2. The zero-order chi connectivity index (χ0) is 21.0. The van der Waals surface area contributed by atoms with E-state index in [0.29, 0.717) is 31.6 Å². The Morgan fingerprint density at radius 3 is 2.79 bits per heavy atom. The maximum absolute atomic E-state index is 14.0. The second-order valence-electron chi connectivity index (χ2n) is 7.12. The Kier molecular flexibility index (Phi) is 6.56. The molecule has 0 bridgehead atoms. The van der Waals surface area contributed by atoms with Crippen molar-refractivity contribution in [3.05, 3.63) is 52.1 Å². The topological polar surface area (TPSA) is 61.0 Å². The molecule has 9 heteroatoms. The highest BCUT2D eigenvalue weighted by atomic mass is 19.4. The number of carbonyl (C=O) groups is 1. The van der Waals surface area contributed by atoms with Gasteiger partial charge in [-0.2, -0.15) is 18.3 Å². The summed E-state index contributed by atoms with van der Waals surface area (Å²) in [7, 11) is 0. The van der Waals surface area contributed by atoms with Gasteiger partial charge >= 0.3 is 6.18 Å². The van der Waals surface area contributed by atoms with Crippen LogP contribution in [0.3, 0.4) is 0 Å². The van der Waals surface area contributed by atoms with Crippen LogP contribution in [0.5, 0.6) is 0 Å². The molecule has 0 unspecified atom stereocenters. The van der Waals surface area contributed by atoms with Crippen LogP contribution in [-0.2, 0) is 25.6 Å². The van der Waals surface area contributed by atoms with E-state index in [2.05, 4.69) is 15.5 Å². The molecule has 0 radical (unpaired) electrons. The van der Waals surface area contributed by atoms with Crippen molar-refractivity contribution in [2.75, 3.05) is 19.6 Å². The third-order valence-electron chi connectivity index (χ3n) is 5.07. The molecule has 1 amide bonds. The minimum Gasteiger partial charge on any atom is -0.337 e. The van der Waals surface area contributed by atoms with Gasteiger partial charge < -0.3 is 10.2 Å². The van der Waals surface area contributed by atoms with E-state index in [1.165, 1.54) is 0 Å².